The first-order valence-electron chi connectivity index (χ1n) is 10.6. The van der Waals surface area contributed by atoms with Gasteiger partial charge in [0.05, 0.1) is 6.42 Å². The van der Waals surface area contributed by atoms with Gasteiger partial charge in [-0.1, -0.05) is 48.5 Å². The molecule has 7 nitrogen and oxygen atoms in total. The number of carbonyl (C=O) groups is 3. The number of carboxylic acid groups (broad SMARTS) is 1. The molecule has 0 saturated heterocycles. The number of hydrogen-bond acceptors (Lipinski definition) is 4. The number of amides is 2. The van der Waals surface area contributed by atoms with Crippen LogP contribution in [0.5, 0.6) is 0 Å². The number of carbonyl (C=O) groups excluding carboxylic acids is 2. The largest absolute Gasteiger partial charge is 0.479 e. The summed E-state index contributed by atoms with van der Waals surface area (Å²) in [6, 6.07) is 13.7. The number of rotatable bonds is 8. The van der Waals surface area contributed by atoms with E-state index < -0.39 is 42.4 Å². The molecule has 2 aliphatic carbocycles. The summed E-state index contributed by atoms with van der Waals surface area (Å²) in [4.78, 5) is 37.1. The van der Waals surface area contributed by atoms with E-state index in [9.17, 15) is 28.3 Å². The minimum atomic E-state index is -3.03. The van der Waals surface area contributed by atoms with Gasteiger partial charge in [-0.2, -0.15) is 0 Å². The normalized spacial score (nSPS) is 16.5. The molecule has 2 N–H and O–H groups in total. The molecule has 4 rings (SSSR count). The number of benzene rings is 2. The summed E-state index contributed by atoms with van der Waals surface area (Å²) in [5.41, 5.74) is 2.70. The smallest absolute Gasteiger partial charge is 0.407 e. The van der Waals surface area contributed by atoms with Gasteiger partial charge >= 0.3 is 12.1 Å². The molecule has 2 amide bonds. The zero-order chi connectivity index (χ0) is 23.8. The van der Waals surface area contributed by atoms with E-state index in [4.69, 9.17) is 4.74 Å². The Hall–Kier alpha value is -3.49. The highest BCUT2D eigenvalue weighted by molar-refractivity contribution is 5.89. The Morgan fingerprint density at radius 2 is 1.64 bits per heavy atom. The van der Waals surface area contributed by atoms with Gasteiger partial charge in [0.2, 0.25) is 5.91 Å². The summed E-state index contributed by atoms with van der Waals surface area (Å²) in [5.74, 6) is -2.18. The maximum atomic E-state index is 13.5. The molecule has 1 unspecified atom stereocenters. The number of nitrogens with zero attached hydrogens (tertiary/aromatic N) is 1. The molecule has 1 fully saturated rings. The number of alkyl halides is 2. The van der Waals surface area contributed by atoms with Crippen LogP contribution in [0.25, 0.3) is 11.1 Å². The second-order valence-corrected chi connectivity index (χ2v) is 8.40. The number of carboxylic acids is 1. The van der Waals surface area contributed by atoms with Crippen LogP contribution in [-0.4, -0.2) is 59.6 Å². The molecule has 9 heteroatoms. The summed E-state index contributed by atoms with van der Waals surface area (Å²) < 4.78 is 32.3. The Morgan fingerprint density at radius 3 is 2.12 bits per heavy atom. The lowest BCUT2D eigenvalue weighted by molar-refractivity contribution is -0.151. The third kappa shape index (κ3) is 4.27. The van der Waals surface area contributed by atoms with E-state index in [0.29, 0.717) is 0 Å². The molecule has 0 heterocycles. The van der Waals surface area contributed by atoms with E-state index in [0.717, 1.165) is 27.2 Å². The molecule has 174 valence electrons. The number of likely N-dealkylation sites (N-methyl/N-ethyl adjacent to an activating group) is 1. The summed E-state index contributed by atoms with van der Waals surface area (Å²) in [6.07, 6.45) is -4.28. The van der Waals surface area contributed by atoms with Crippen molar-refractivity contribution in [1.29, 1.82) is 0 Å². The monoisotopic (exact) mass is 458 g/mol. The number of alkyl carbamates (subject to hydrolysis) is 1. The first kappa shape index (κ1) is 22.7. The minimum Gasteiger partial charge on any atom is -0.479 e. The average molecular weight is 458 g/mol. The Kier molecular flexibility index (Phi) is 6.05. The van der Waals surface area contributed by atoms with Gasteiger partial charge in [0.25, 0.3) is 6.43 Å². The molecule has 1 saturated carbocycles. The Bertz CT molecular complexity index is 1040. The van der Waals surface area contributed by atoms with Gasteiger partial charge in [-0.05, 0) is 35.1 Å². The van der Waals surface area contributed by atoms with Crippen molar-refractivity contribution in [3.05, 3.63) is 59.7 Å². The van der Waals surface area contributed by atoms with Crippen LogP contribution < -0.4 is 5.32 Å². The van der Waals surface area contributed by atoms with Crippen molar-refractivity contribution in [3.8, 4) is 11.1 Å². The lowest BCUT2D eigenvalue weighted by Crippen LogP contribution is -2.49. The Balaban J connectivity index is 1.38. The van der Waals surface area contributed by atoms with Crippen molar-refractivity contribution in [3.63, 3.8) is 0 Å². The fraction of sp³-hybridized carbons (Fsp3) is 0.375. The lowest BCUT2D eigenvalue weighted by atomic mass is 9.98. The van der Waals surface area contributed by atoms with Crippen LogP contribution in [0, 0.1) is 0 Å². The van der Waals surface area contributed by atoms with Crippen LogP contribution in [-0.2, 0) is 14.3 Å². The highest BCUT2D eigenvalue weighted by Crippen LogP contribution is 2.44. The third-order valence-electron chi connectivity index (χ3n) is 6.48. The van der Waals surface area contributed by atoms with Crippen molar-refractivity contribution in [2.75, 3.05) is 13.7 Å². The molecule has 2 aliphatic rings. The molecule has 33 heavy (non-hydrogen) atoms. The summed E-state index contributed by atoms with van der Waals surface area (Å²) >= 11 is 0. The van der Waals surface area contributed by atoms with Crippen molar-refractivity contribution in [2.45, 2.75) is 43.2 Å². The Labute approximate surface area is 189 Å². The van der Waals surface area contributed by atoms with Gasteiger partial charge in [-0.25, -0.2) is 18.4 Å². The number of ether oxygens (including phenoxy) is 1. The van der Waals surface area contributed by atoms with Gasteiger partial charge in [-0.3, -0.25) is 4.79 Å². The van der Waals surface area contributed by atoms with Crippen LogP contribution >= 0.6 is 0 Å². The second-order valence-electron chi connectivity index (χ2n) is 8.40. The molecule has 0 spiro atoms. The van der Waals surface area contributed by atoms with Crippen molar-refractivity contribution >= 4 is 18.0 Å². The van der Waals surface area contributed by atoms with Crippen molar-refractivity contribution < 1.29 is 33.0 Å². The Morgan fingerprint density at radius 1 is 1.09 bits per heavy atom. The second kappa shape index (κ2) is 8.80. The lowest BCUT2D eigenvalue weighted by Gasteiger charge is -2.27. The van der Waals surface area contributed by atoms with Crippen LogP contribution in [0.15, 0.2) is 48.5 Å². The van der Waals surface area contributed by atoms with Gasteiger partial charge in [0.15, 0.2) is 0 Å². The molecule has 1 atom stereocenters. The molecule has 2 aromatic carbocycles. The maximum Gasteiger partial charge on any atom is 0.407 e. The van der Waals surface area contributed by atoms with Crippen LogP contribution in [0.1, 0.15) is 36.3 Å². The van der Waals surface area contributed by atoms with Crippen LogP contribution in [0.3, 0.4) is 0 Å². The average Bonchev–Trinajstić information content (AvgIpc) is 3.55. The first-order chi connectivity index (χ1) is 15.7. The maximum absolute atomic E-state index is 13.5. The first-order valence-corrected chi connectivity index (χ1v) is 10.6. The van der Waals surface area contributed by atoms with E-state index in [1.165, 1.54) is 7.05 Å². The summed E-state index contributed by atoms with van der Waals surface area (Å²) in [5, 5.41) is 11.4. The van der Waals surface area contributed by atoms with Gasteiger partial charge in [0.1, 0.15) is 18.2 Å². The summed E-state index contributed by atoms with van der Waals surface area (Å²) in [6.45, 7) is -0.0498. The zero-order valence-electron chi connectivity index (χ0n) is 18.0. The minimum absolute atomic E-state index is 0.0498. The zero-order valence-corrected chi connectivity index (χ0v) is 18.0. The molecular weight excluding hydrogens is 434 g/mol. The van der Waals surface area contributed by atoms with Crippen molar-refractivity contribution in [1.82, 2.24) is 10.2 Å². The van der Waals surface area contributed by atoms with E-state index in [2.05, 4.69) is 5.32 Å². The van der Waals surface area contributed by atoms with E-state index in [-0.39, 0.29) is 25.4 Å². The highest BCUT2D eigenvalue weighted by atomic mass is 19.3. The predicted octanol–water partition coefficient (Wildman–Crippen LogP) is 3.62. The number of halogens is 2. The number of fused-ring (bicyclic) bond motifs is 3. The van der Waals surface area contributed by atoms with E-state index >= 15 is 0 Å². The van der Waals surface area contributed by atoms with Gasteiger partial charge < -0.3 is 20.1 Å². The van der Waals surface area contributed by atoms with Crippen LogP contribution in [0.4, 0.5) is 13.6 Å². The number of aliphatic carboxylic acids is 1. The third-order valence-corrected chi connectivity index (χ3v) is 6.48. The standard InChI is InChI=1S/C24H24F2N2O5/c1-28(24(10-11-24)22(30)31)20(29)12-19(21(25)26)27-23(32)33-13-18-16-8-4-2-6-14(16)15-7-3-5-9-17(15)18/h2-9,18-19,21H,10-13H2,1H3,(H,27,32)(H,30,31). The predicted molar refractivity (Wildman–Crippen MR) is 115 cm³/mol. The fourth-order valence-corrected chi connectivity index (χ4v) is 4.37. The SMILES string of the molecule is CN(C(=O)CC(NC(=O)OCC1c2ccccc2-c2ccccc21)C(F)F)C1(C(=O)O)CC1. The van der Waals surface area contributed by atoms with E-state index in [1.807, 2.05) is 48.5 Å². The topological polar surface area (TPSA) is 95.9 Å². The molecule has 0 aromatic heterocycles. The molecular formula is C24H24F2N2O5. The van der Waals surface area contributed by atoms with Crippen molar-refractivity contribution in [2.24, 2.45) is 0 Å². The molecule has 0 aliphatic heterocycles. The van der Waals surface area contributed by atoms with Gasteiger partial charge in [0, 0.05) is 13.0 Å². The van der Waals surface area contributed by atoms with Gasteiger partial charge in [-0.15, -0.1) is 0 Å². The highest BCUT2D eigenvalue weighted by Gasteiger charge is 2.55. The molecule has 0 radical (unpaired) electrons. The summed E-state index contributed by atoms with van der Waals surface area (Å²) in [7, 11) is 1.28. The number of hydrogen-bond donors (Lipinski definition) is 2. The molecule has 2 aromatic rings. The fourth-order valence-electron chi connectivity index (χ4n) is 4.37. The van der Waals surface area contributed by atoms with Crippen LogP contribution in [0.2, 0.25) is 0 Å². The molecule has 0 bridgehead atoms. The van der Waals surface area contributed by atoms with E-state index in [1.54, 1.807) is 0 Å². The number of nitrogens with one attached hydrogen (secondary N) is 1. The quantitative estimate of drug-likeness (QED) is 0.630.